The van der Waals surface area contributed by atoms with E-state index in [1.165, 1.54) is 24.6 Å². The quantitative estimate of drug-likeness (QED) is 0.421. The number of likely N-dealkylation sites (N-methyl/N-ethyl adjacent to an activating group) is 1. The molecule has 2 aromatic carbocycles. The number of amides is 3. The Kier molecular flexibility index (Phi) is 10.3. The van der Waals surface area contributed by atoms with Gasteiger partial charge >= 0.3 is 6.03 Å². The number of nitrogens with one attached hydrogen (secondary N) is 2. The molecule has 3 atom stereocenters. The van der Waals surface area contributed by atoms with E-state index in [0.717, 1.165) is 37.8 Å². The van der Waals surface area contributed by atoms with Crippen LogP contribution in [0.4, 0.5) is 14.9 Å². The average molecular weight is 605 g/mol. The summed E-state index contributed by atoms with van der Waals surface area (Å²) in [5.41, 5.74) is 0.673. The molecule has 12 heteroatoms. The van der Waals surface area contributed by atoms with Crippen LogP contribution in [0.2, 0.25) is 0 Å². The van der Waals surface area contributed by atoms with Gasteiger partial charge in [0.1, 0.15) is 17.7 Å². The van der Waals surface area contributed by atoms with Crippen LogP contribution in [0.15, 0.2) is 47.4 Å². The number of carbonyl (C=O) groups excluding carboxylic acids is 2. The standard InChI is InChI=1S/C30H41FN4O6S/c1-20-17-35(21(2)19-36)29(37)16-22-15-25(33-42(39,40)26-12-9-23(31)10-13-26)11-14-27(22)41-28(20)18-34(3)30(38)32-24-7-5-4-6-8-24/h9-15,20-21,24,28,33,36H,4-8,16-19H2,1-3H3,(H,32,38)/t20-,21+,28+/m0/s1. The fourth-order valence-corrected chi connectivity index (χ4v) is 6.47. The minimum Gasteiger partial charge on any atom is -0.488 e. The van der Waals surface area contributed by atoms with Crippen molar-refractivity contribution in [2.24, 2.45) is 5.92 Å². The number of rotatable bonds is 8. The molecule has 0 spiro atoms. The molecule has 3 N–H and O–H groups in total. The molecule has 42 heavy (non-hydrogen) atoms. The topological polar surface area (TPSA) is 128 Å². The lowest BCUT2D eigenvalue weighted by Crippen LogP contribution is -2.50. The van der Waals surface area contributed by atoms with E-state index in [1.54, 1.807) is 35.9 Å². The molecule has 1 fully saturated rings. The zero-order valence-electron chi connectivity index (χ0n) is 24.4. The Balaban J connectivity index is 1.59. The van der Waals surface area contributed by atoms with Gasteiger partial charge in [0.2, 0.25) is 5.91 Å². The van der Waals surface area contributed by atoms with Gasteiger partial charge in [0.05, 0.1) is 30.5 Å². The summed E-state index contributed by atoms with van der Waals surface area (Å²) < 4.78 is 48.1. The number of aliphatic hydroxyl groups excluding tert-OH is 1. The van der Waals surface area contributed by atoms with Gasteiger partial charge < -0.3 is 25.0 Å². The molecule has 4 rings (SSSR count). The molecule has 0 aromatic heterocycles. The van der Waals surface area contributed by atoms with Crippen molar-refractivity contribution in [3.63, 3.8) is 0 Å². The van der Waals surface area contributed by atoms with Crippen molar-refractivity contribution in [2.75, 3.05) is 31.5 Å². The highest BCUT2D eigenvalue weighted by Gasteiger charge is 2.32. The van der Waals surface area contributed by atoms with Gasteiger partial charge in [-0.2, -0.15) is 0 Å². The smallest absolute Gasteiger partial charge is 0.317 e. The number of halogens is 1. The van der Waals surface area contributed by atoms with E-state index < -0.39 is 28.0 Å². The van der Waals surface area contributed by atoms with Crippen molar-refractivity contribution in [1.82, 2.24) is 15.1 Å². The van der Waals surface area contributed by atoms with Crippen LogP contribution >= 0.6 is 0 Å². The maximum absolute atomic E-state index is 13.4. The summed E-state index contributed by atoms with van der Waals surface area (Å²) in [5, 5.41) is 13.0. The number of fused-ring (bicyclic) bond motifs is 1. The fourth-order valence-electron chi connectivity index (χ4n) is 5.42. The number of sulfonamides is 1. The molecule has 1 aliphatic heterocycles. The number of anilines is 1. The first-order valence-corrected chi connectivity index (χ1v) is 15.9. The summed E-state index contributed by atoms with van der Waals surface area (Å²) in [7, 11) is -2.30. The number of benzene rings is 2. The molecule has 0 radical (unpaired) electrons. The molecule has 0 unspecified atom stereocenters. The Bertz CT molecular complexity index is 1350. The third-order valence-corrected chi connectivity index (χ3v) is 9.42. The maximum Gasteiger partial charge on any atom is 0.317 e. The first kappa shape index (κ1) is 31.6. The van der Waals surface area contributed by atoms with Gasteiger partial charge in [-0.15, -0.1) is 0 Å². The molecule has 1 heterocycles. The van der Waals surface area contributed by atoms with E-state index in [1.807, 2.05) is 6.92 Å². The largest absolute Gasteiger partial charge is 0.488 e. The molecule has 2 aliphatic rings. The second-order valence-corrected chi connectivity index (χ2v) is 13.1. The highest BCUT2D eigenvalue weighted by molar-refractivity contribution is 7.92. The van der Waals surface area contributed by atoms with Crippen LogP contribution in [0.1, 0.15) is 51.5 Å². The Morgan fingerprint density at radius 3 is 2.52 bits per heavy atom. The van der Waals surface area contributed by atoms with Gasteiger partial charge in [-0.05, 0) is 62.2 Å². The van der Waals surface area contributed by atoms with Crippen LogP contribution in [-0.2, 0) is 21.2 Å². The number of hydrogen-bond donors (Lipinski definition) is 3. The first-order valence-electron chi connectivity index (χ1n) is 14.5. The lowest BCUT2D eigenvalue weighted by Gasteiger charge is -2.34. The molecule has 10 nitrogen and oxygen atoms in total. The van der Waals surface area contributed by atoms with E-state index in [-0.39, 0.29) is 54.1 Å². The van der Waals surface area contributed by atoms with E-state index in [0.29, 0.717) is 17.9 Å². The Morgan fingerprint density at radius 2 is 1.86 bits per heavy atom. The van der Waals surface area contributed by atoms with Crippen LogP contribution in [-0.4, -0.2) is 80.2 Å². The minimum absolute atomic E-state index is 0.0801. The Hall–Kier alpha value is -3.38. The van der Waals surface area contributed by atoms with Crippen molar-refractivity contribution >= 4 is 27.6 Å². The predicted octanol–water partition coefficient (Wildman–Crippen LogP) is 3.75. The van der Waals surface area contributed by atoms with Crippen LogP contribution in [0.25, 0.3) is 0 Å². The zero-order chi connectivity index (χ0) is 30.4. The molecule has 3 amide bonds. The van der Waals surface area contributed by atoms with Crippen LogP contribution in [0.5, 0.6) is 5.75 Å². The third kappa shape index (κ3) is 7.91. The van der Waals surface area contributed by atoms with Crippen molar-refractivity contribution in [3.05, 3.63) is 53.8 Å². The lowest BCUT2D eigenvalue weighted by molar-refractivity contribution is -0.134. The van der Waals surface area contributed by atoms with Crippen molar-refractivity contribution in [2.45, 2.75) is 75.5 Å². The highest BCUT2D eigenvalue weighted by atomic mass is 32.2. The Morgan fingerprint density at radius 1 is 1.17 bits per heavy atom. The second-order valence-electron chi connectivity index (χ2n) is 11.4. The zero-order valence-corrected chi connectivity index (χ0v) is 25.2. The summed E-state index contributed by atoms with van der Waals surface area (Å²) in [5.74, 6) is -0.583. The van der Waals surface area contributed by atoms with Gasteiger partial charge in [-0.3, -0.25) is 9.52 Å². The number of carbonyl (C=O) groups is 2. The lowest BCUT2D eigenvalue weighted by atomic mass is 9.96. The molecule has 1 saturated carbocycles. The van der Waals surface area contributed by atoms with Crippen LogP contribution in [0.3, 0.4) is 0 Å². The number of urea groups is 1. The number of nitrogens with zero attached hydrogens (tertiary/aromatic N) is 2. The summed E-state index contributed by atoms with van der Waals surface area (Å²) >= 11 is 0. The summed E-state index contributed by atoms with van der Waals surface area (Å²) in [6, 6.07) is 8.69. The molecule has 230 valence electrons. The van der Waals surface area contributed by atoms with Gasteiger partial charge in [-0.1, -0.05) is 26.2 Å². The number of aliphatic hydroxyl groups is 1. The van der Waals surface area contributed by atoms with Gasteiger partial charge in [0, 0.05) is 36.8 Å². The maximum atomic E-state index is 13.4. The molecular formula is C30H41FN4O6S. The first-order chi connectivity index (χ1) is 20.0. The van der Waals surface area contributed by atoms with Gasteiger partial charge in [-0.25, -0.2) is 17.6 Å². The SMILES string of the molecule is C[C@H](CO)N1C[C@H](C)[C@@H](CN(C)C(=O)NC2CCCCC2)Oc2ccc(NS(=O)(=O)c3ccc(F)cc3)cc2CC1=O. The van der Waals surface area contributed by atoms with Crippen LogP contribution in [0, 0.1) is 11.7 Å². The van der Waals surface area contributed by atoms with E-state index >= 15 is 0 Å². The van der Waals surface area contributed by atoms with Crippen LogP contribution < -0.4 is 14.8 Å². The normalized spacial score (nSPS) is 20.8. The predicted molar refractivity (Wildman–Crippen MR) is 157 cm³/mol. The van der Waals surface area contributed by atoms with Crippen molar-refractivity contribution in [3.8, 4) is 5.75 Å². The van der Waals surface area contributed by atoms with E-state index in [9.17, 15) is 27.5 Å². The summed E-state index contributed by atoms with van der Waals surface area (Å²) in [6.07, 6.45) is 4.74. The van der Waals surface area contributed by atoms with E-state index in [2.05, 4.69) is 10.0 Å². The second kappa shape index (κ2) is 13.7. The molecule has 0 bridgehead atoms. The molecule has 2 aromatic rings. The van der Waals surface area contributed by atoms with Crippen molar-refractivity contribution in [1.29, 1.82) is 0 Å². The monoisotopic (exact) mass is 604 g/mol. The number of hydrogen-bond acceptors (Lipinski definition) is 6. The number of ether oxygens (including phenoxy) is 1. The fraction of sp³-hybridized carbons (Fsp3) is 0.533. The summed E-state index contributed by atoms with van der Waals surface area (Å²) in [6.45, 7) is 4.04. The third-order valence-electron chi connectivity index (χ3n) is 8.03. The van der Waals surface area contributed by atoms with Gasteiger partial charge in [0.25, 0.3) is 10.0 Å². The average Bonchev–Trinajstić information content (AvgIpc) is 3.00. The summed E-state index contributed by atoms with van der Waals surface area (Å²) in [4.78, 5) is 29.6. The molecule has 0 saturated heterocycles. The Labute approximate surface area is 247 Å². The minimum atomic E-state index is -4.02. The molecular weight excluding hydrogens is 563 g/mol. The molecule has 1 aliphatic carbocycles. The highest BCUT2D eigenvalue weighted by Crippen LogP contribution is 2.30. The van der Waals surface area contributed by atoms with E-state index in [4.69, 9.17) is 4.74 Å². The van der Waals surface area contributed by atoms with Crippen molar-refractivity contribution < 1.29 is 32.2 Å². The van der Waals surface area contributed by atoms with Gasteiger partial charge in [0.15, 0.2) is 0 Å².